The number of methoxy groups -OCH3 is 1. The minimum atomic E-state index is -0.135. The summed E-state index contributed by atoms with van der Waals surface area (Å²) >= 11 is 0. The van der Waals surface area contributed by atoms with Crippen LogP contribution in [0.1, 0.15) is 18.9 Å². The summed E-state index contributed by atoms with van der Waals surface area (Å²) in [5.74, 6) is 1.26. The van der Waals surface area contributed by atoms with Crippen molar-refractivity contribution in [1.29, 1.82) is 0 Å². The minimum Gasteiger partial charge on any atom is -0.497 e. The zero-order chi connectivity index (χ0) is 20.7. The molecule has 0 saturated carbocycles. The molecule has 2 rings (SSSR count). The summed E-state index contributed by atoms with van der Waals surface area (Å²) in [6.45, 7) is 4.68. The Kier molecular flexibility index (Phi) is 13.3. The molecule has 0 bridgehead atoms. The quantitative estimate of drug-likeness (QED) is 0.181. The summed E-state index contributed by atoms with van der Waals surface area (Å²) < 4.78 is 10.5. The van der Waals surface area contributed by atoms with Gasteiger partial charge in [-0.25, -0.2) is 4.99 Å². The van der Waals surface area contributed by atoms with Gasteiger partial charge in [-0.3, -0.25) is 4.79 Å². The van der Waals surface area contributed by atoms with Crippen molar-refractivity contribution in [1.82, 2.24) is 10.6 Å². The van der Waals surface area contributed by atoms with Gasteiger partial charge < -0.3 is 25.4 Å². The third kappa shape index (κ3) is 10.4. The highest BCUT2D eigenvalue weighted by Gasteiger charge is 2.05. The molecule has 2 aromatic carbocycles. The van der Waals surface area contributed by atoms with E-state index in [1.807, 2.05) is 61.5 Å². The molecule has 0 fully saturated rings. The number of rotatable bonds is 11. The molecule has 0 aromatic heterocycles. The Morgan fingerprint density at radius 2 is 1.77 bits per heavy atom. The molecule has 2 aromatic rings. The summed E-state index contributed by atoms with van der Waals surface area (Å²) in [5, 5.41) is 9.18. The van der Waals surface area contributed by atoms with Gasteiger partial charge in [-0.1, -0.05) is 30.3 Å². The molecular formula is C22H31IN4O3. The maximum atomic E-state index is 12.2. The van der Waals surface area contributed by atoms with E-state index in [1.54, 1.807) is 7.11 Å². The first kappa shape index (κ1) is 25.7. The van der Waals surface area contributed by atoms with Gasteiger partial charge >= 0.3 is 0 Å². The highest BCUT2D eigenvalue weighted by Crippen LogP contribution is 2.11. The maximum absolute atomic E-state index is 12.2. The lowest BCUT2D eigenvalue weighted by molar-refractivity contribution is -0.115. The maximum Gasteiger partial charge on any atom is 0.243 e. The highest BCUT2D eigenvalue weighted by atomic mass is 127. The molecule has 0 aliphatic carbocycles. The van der Waals surface area contributed by atoms with Crippen LogP contribution >= 0.6 is 24.0 Å². The van der Waals surface area contributed by atoms with Gasteiger partial charge in [-0.2, -0.15) is 0 Å². The predicted molar refractivity (Wildman–Crippen MR) is 132 cm³/mol. The molecule has 7 nitrogen and oxygen atoms in total. The van der Waals surface area contributed by atoms with E-state index in [4.69, 9.17) is 9.47 Å². The molecule has 3 N–H and O–H groups in total. The number of hydrogen-bond acceptors (Lipinski definition) is 4. The second kappa shape index (κ2) is 15.5. The van der Waals surface area contributed by atoms with Crippen LogP contribution in [0.2, 0.25) is 0 Å². The van der Waals surface area contributed by atoms with Crippen LogP contribution in [0.15, 0.2) is 59.6 Å². The van der Waals surface area contributed by atoms with Crippen molar-refractivity contribution in [3.8, 4) is 5.75 Å². The van der Waals surface area contributed by atoms with Crippen LogP contribution in [0.3, 0.4) is 0 Å². The van der Waals surface area contributed by atoms with E-state index < -0.39 is 0 Å². The molecule has 1 amide bonds. The van der Waals surface area contributed by atoms with Gasteiger partial charge in [0.2, 0.25) is 5.91 Å². The van der Waals surface area contributed by atoms with E-state index in [0.717, 1.165) is 23.4 Å². The first-order chi connectivity index (χ1) is 14.2. The lowest BCUT2D eigenvalue weighted by atomic mass is 10.2. The number of para-hydroxylation sites is 1. The van der Waals surface area contributed by atoms with Crippen molar-refractivity contribution in [2.45, 2.75) is 19.9 Å². The van der Waals surface area contributed by atoms with Crippen molar-refractivity contribution in [3.05, 3.63) is 60.2 Å². The standard InChI is InChI=1S/C22H30N4O3.HI/c1-3-29-15-7-14-23-22(24-16-18-10-12-20(28-2)13-11-18)25-17-21(27)26-19-8-5-4-6-9-19;/h4-6,8-13H,3,7,14-17H2,1-2H3,(H,26,27)(H2,23,24,25);1H. The van der Waals surface area contributed by atoms with Crippen LogP contribution in [0.5, 0.6) is 5.75 Å². The summed E-state index contributed by atoms with van der Waals surface area (Å²) in [7, 11) is 1.64. The fourth-order valence-electron chi connectivity index (χ4n) is 2.49. The van der Waals surface area contributed by atoms with Crippen LogP contribution in [0.4, 0.5) is 5.69 Å². The van der Waals surface area contributed by atoms with Crippen molar-refractivity contribution < 1.29 is 14.3 Å². The lowest BCUT2D eigenvalue weighted by Gasteiger charge is -2.13. The molecule has 0 aliphatic heterocycles. The predicted octanol–water partition coefficient (Wildman–Crippen LogP) is 3.41. The lowest BCUT2D eigenvalue weighted by Crippen LogP contribution is -2.42. The van der Waals surface area contributed by atoms with Gasteiger partial charge in [-0.15, -0.1) is 24.0 Å². The van der Waals surface area contributed by atoms with E-state index in [9.17, 15) is 4.79 Å². The molecule has 30 heavy (non-hydrogen) atoms. The fourth-order valence-corrected chi connectivity index (χ4v) is 2.49. The number of nitrogens with one attached hydrogen (secondary N) is 3. The Bertz CT molecular complexity index is 755. The number of hydrogen-bond donors (Lipinski definition) is 3. The molecule has 0 radical (unpaired) electrons. The monoisotopic (exact) mass is 526 g/mol. The number of aliphatic imine (C=N–C) groups is 1. The van der Waals surface area contributed by atoms with Crippen molar-refractivity contribution in [3.63, 3.8) is 0 Å². The van der Waals surface area contributed by atoms with E-state index >= 15 is 0 Å². The van der Waals surface area contributed by atoms with Crippen LogP contribution < -0.4 is 20.7 Å². The Balaban J connectivity index is 0.00000450. The second-order valence-electron chi connectivity index (χ2n) is 6.26. The second-order valence-corrected chi connectivity index (χ2v) is 6.26. The number of guanidine groups is 1. The average Bonchev–Trinajstić information content (AvgIpc) is 2.76. The Morgan fingerprint density at radius 3 is 2.43 bits per heavy atom. The number of carbonyl (C=O) groups excluding carboxylic acids is 1. The Labute approximate surface area is 195 Å². The SMILES string of the molecule is CCOCCCNC(=NCc1ccc(OC)cc1)NCC(=O)Nc1ccccc1.I. The molecule has 8 heteroatoms. The molecule has 0 aliphatic rings. The molecule has 0 heterocycles. The number of carbonyl (C=O) groups is 1. The van der Waals surface area contributed by atoms with Crippen LogP contribution in [0.25, 0.3) is 0 Å². The molecule has 0 saturated heterocycles. The molecule has 0 atom stereocenters. The third-order valence-corrected chi connectivity index (χ3v) is 4.01. The van der Waals surface area contributed by atoms with E-state index in [1.165, 1.54) is 0 Å². The van der Waals surface area contributed by atoms with Crippen molar-refractivity contribution in [2.75, 3.05) is 38.7 Å². The zero-order valence-corrected chi connectivity index (χ0v) is 19.8. The first-order valence-corrected chi connectivity index (χ1v) is 9.79. The molecule has 0 spiro atoms. The van der Waals surface area contributed by atoms with Gasteiger partial charge in [0.15, 0.2) is 5.96 Å². The zero-order valence-electron chi connectivity index (χ0n) is 17.5. The average molecular weight is 526 g/mol. The van der Waals surface area contributed by atoms with Gasteiger partial charge in [0, 0.05) is 25.4 Å². The fraction of sp³-hybridized carbons (Fsp3) is 0.364. The summed E-state index contributed by atoms with van der Waals surface area (Å²) in [6, 6.07) is 17.1. The van der Waals surface area contributed by atoms with Gasteiger partial charge in [0.1, 0.15) is 5.75 Å². The normalized spacial score (nSPS) is 10.7. The largest absolute Gasteiger partial charge is 0.497 e. The van der Waals surface area contributed by atoms with Gasteiger partial charge in [0.25, 0.3) is 0 Å². The third-order valence-electron chi connectivity index (χ3n) is 4.01. The molecule has 0 unspecified atom stereocenters. The Hall–Kier alpha value is -2.33. The van der Waals surface area contributed by atoms with Gasteiger partial charge in [-0.05, 0) is 43.2 Å². The highest BCUT2D eigenvalue weighted by molar-refractivity contribution is 14.0. The topological polar surface area (TPSA) is 84.0 Å². The summed E-state index contributed by atoms with van der Waals surface area (Å²) in [5.41, 5.74) is 1.82. The number of benzene rings is 2. The number of amides is 1. The minimum absolute atomic E-state index is 0. The van der Waals surface area contributed by atoms with Gasteiger partial charge in [0.05, 0.1) is 20.2 Å². The summed E-state index contributed by atoms with van der Waals surface area (Å²) in [4.78, 5) is 16.8. The Morgan fingerprint density at radius 1 is 1.03 bits per heavy atom. The smallest absolute Gasteiger partial charge is 0.243 e. The van der Waals surface area contributed by atoms with Crippen LogP contribution in [0, 0.1) is 0 Å². The van der Waals surface area contributed by atoms with E-state index in [2.05, 4.69) is 20.9 Å². The number of nitrogens with zero attached hydrogens (tertiary/aromatic N) is 1. The van der Waals surface area contributed by atoms with Crippen molar-refractivity contribution >= 4 is 41.5 Å². The number of halogens is 1. The van der Waals surface area contributed by atoms with Crippen LogP contribution in [-0.2, 0) is 16.1 Å². The number of anilines is 1. The molecular weight excluding hydrogens is 495 g/mol. The summed E-state index contributed by atoms with van der Waals surface area (Å²) in [6.07, 6.45) is 0.854. The first-order valence-electron chi connectivity index (χ1n) is 9.79. The van der Waals surface area contributed by atoms with Crippen LogP contribution in [-0.4, -0.2) is 45.3 Å². The number of ether oxygens (including phenoxy) is 2. The van der Waals surface area contributed by atoms with E-state index in [0.29, 0.717) is 32.3 Å². The van der Waals surface area contributed by atoms with E-state index in [-0.39, 0.29) is 36.4 Å². The molecule has 164 valence electrons. The van der Waals surface area contributed by atoms with Crippen molar-refractivity contribution in [2.24, 2.45) is 4.99 Å².